The minimum Gasteiger partial charge on any atom is -0.506 e. The van der Waals surface area contributed by atoms with Crippen LogP contribution in [0.25, 0.3) is 0 Å². The average Bonchev–Trinajstić information content (AvgIpc) is 2.43. The molecule has 0 spiro atoms. The van der Waals surface area contributed by atoms with E-state index in [-0.39, 0.29) is 27.0 Å². The Labute approximate surface area is 120 Å². The van der Waals surface area contributed by atoms with Gasteiger partial charge in [0.2, 0.25) is 0 Å². The predicted octanol–water partition coefficient (Wildman–Crippen LogP) is 2.11. The molecule has 6 nitrogen and oxygen atoms in total. The third kappa shape index (κ3) is 2.99. The highest BCUT2D eigenvalue weighted by Gasteiger charge is 2.15. The predicted molar refractivity (Wildman–Crippen MR) is 72.9 cm³/mol. The maximum absolute atomic E-state index is 12.1. The molecule has 1 aromatic heterocycles. The summed E-state index contributed by atoms with van der Waals surface area (Å²) in [4.78, 5) is 3.61. The van der Waals surface area contributed by atoms with E-state index in [1.165, 1.54) is 30.3 Å². The fraction of sp³-hybridized carbons (Fsp3) is 0. The van der Waals surface area contributed by atoms with Gasteiger partial charge in [-0.2, -0.15) is 5.26 Å². The summed E-state index contributed by atoms with van der Waals surface area (Å²) in [5, 5.41) is 17.9. The Balaban J connectivity index is 2.30. The summed E-state index contributed by atoms with van der Waals surface area (Å²) >= 11 is 5.70. The van der Waals surface area contributed by atoms with Gasteiger partial charge in [-0.3, -0.25) is 4.72 Å². The van der Waals surface area contributed by atoms with Crippen molar-refractivity contribution in [2.75, 3.05) is 4.72 Å². The van der Waals surface area contributed by atoms with Crippen molar-refractivity contribution in [1.82, 2.24) is 4.98 Å². The smallest absolute Gasteiger partial charge is 0.263 e. The van der Waals surface area contributed by atoms with Crippen molar-refractivity contribution in [2.24, 2.45) is 0 Å². The number of hydrogen-bond donors (Lipinski definition) is 2. The molecule has 0 aliphatic heterocycles. The van der Waals surface area contributed by atoms with Gasteiger partial charge in [0.1, 0.15) is 22.4 Å². The number of sulfonamides is 1. The van der Waals surface area contributed by atoms with Crippen LogP contribution in [0, 0.1) is 11.3 Å². The lowest BCUT2D eigenvalue weighted by molar-refractivity contribution is 0.475. The van der Waals surface area contributed by atoms with Crippen LogP contribution in [0.1, 0.15) is 5.69 Å². The van der Waals surface area contributed by atoms with Gasteiger partial charge in [-0.1, -0.05) is 11.6 Å². The first-order valence-electron chi connectivity index (χ1n) is 5.30. The van der Waals surface area contributed by atoms with E-state index in [1.54, 1.807) is 6.07 Å². The van der Waals surface area contributed by atoms with Crippen molar-refractivity contribution in [3.05, 3.63) is 47.2 Å². The number of phenolic OH excluding ortho intramolecular Hbond substituents is 1. The van der Waals surface area contributed by atoms with Gasteiger partial charge in [0.15, 0.2) is 0 Å². The molecule has 0 aliphatic rings. The molecule has 0 bridgehead atoms. The van der Waals surface area contributed by atoms with Crippen LogP contribution in [0.3, 0.4) is 0 Å². The highest BCUT2D eigenvalue weighted by atomic mass is 35.5. The number of pyridine rings is 1. The number of rotatable bonds is 3. The van der Waals surface area contributed by atoms with Crippen molar-refractivity contribution in [2.45, 2.75) is 4.90 Å². The summed E-state index contributed by atoms with van der Waals surface area (Å²) in [6, 6.07) is 8.30. The van der Waals surface area contributed by atoms with E-state index >= 15 is 0 Å². The lowest BCUT2D eigenvalue weighted by atomic mass is 10.3. The highest BCUT2D eigenvalue weighted by Crippen LogP contribution is 2.27. The molecule has 0 fully saturated rings. The third-order valence-electron chi connectivity index (χ3n) is 2.36. The van der Waals surface area contributed by atoms with E-state index < -0.39 is 10.0 Å². The quantitative estimate of drug-likeness (QED) is 0.845. The molecule has 8 heteroatoms. The van der Waals surface area contributed by atoms with E-state index in [9.17, 15) is 13.5 Å². The van der Waals surface area contributed by atoms with Crippen LogP contribution in [-0.4, -0.2) is 18.5 Å². The number of benzene rings is 1. The molecule has 0 atom stereocenters. The standard InChI is InChI=1S/C12H8ClN3O3S/c13-11-5-8(2-4-12(11)17)16-20(18,19)10-3-1-9(6-14)15-7-10/h1-5,7,16-17H. The lowest BCUT2D eigenvalue weighted by Crippen LogP contribution is -2.13. The summed E-state index contributed by atoms with van der Waals surface area (Å²) in [6.45, 7) is 0. The van der Waals surface area contributed by atoms with Gasteiger partial charge in [0, 0.05) is 6.20 Å². The Morgan fingerprint density at radius 2 is 2.05 bits per heavy atom. The molecule has 0 aliphatic carbocycles. The molecular weight excluding hydrogens is 302 g/mol. The molecule has 0 radical (unpaired) electrons. The molecule has 1 heterocycles. The topological polar surface area (TPSA) is 103 Å². The monoisotopic (exact) mass is 309 g/mol. The number of nitrogens with one attached hydrogen (secondary N) is 1. The van der Waals surface area contributed by atoms with Gasteiger partial charge < -0.3 is 5.11 Å². The number of hydrogen-bond acceptors (Lipinski definition) is 5. The fourth-order valence-electron chi connectivity index (χ4n) is 1.39. The number of halogens is 1. The minimum absolute atomic E-state index is 0.0307. The normalized spacial score (nSPS) is 10.8. The number of aromatic nitrogens is 1. The zero-order valence-electron chi connectivity index (χ0n) is 9.91. The average molecular weight is 310 g/mol. The second-order valence-corrected chi connectivity index (χ2v) is 5.85. The Kier molecular flexibility index (Phi) is 3.79. The van der Waals surface area contributed by atoms with Crippen molar-refractivity contribution < 1.29 is 13.5 Å². The summed E-state index contributed by atoms with van der Waals surface area (Å²) in [5.41, 5.74) is 0.328. The summed E-state index contributed by atoms with van der Waals surface area (Å²) in [7, 11) is -3.83. The Bertz CT molecular complexity index is 783. The Hall–Kier alpha value is -2.30. The van der Waals surface area contributed by atoms with E-state index in [2.05, 4.69) is 9.71 Å². The lowest BCUT2D eigenvalue weighted by Gasteiger charge is -2.08. The molecule has 2 N–H and O–H groups in total. The Morgan fingerprint density at radius 3 is 2.60 bits per heavy atom. The van der Waals surface area contributed by atoms with Crippen LogP contribution in [-0.2, 0) is 10.0 Å². The van der Waals surface area contributed by atoms with Gasteiger partial charge in [0.05, 0.1) is 10.7 Å². The maximum atomic E-state index is 12.1. The van der Waals surface area contributed by atoms with Crippen LogP contribution < -0.4 is 4.72 Å². The van der Waals surface area contributed by atoms with Crippen molar-refractivity contribution in [1.29, 1.82) is 5.26 Å². The highest BCUT2D eigenvalue weighted by molar-refractivity contribution is 7.92. The summed E-state index contributed by atoms with van der Waals surface area (Å²) < 4.78 is 26.4. The molecule has 0 amide bonds. The second-order valence-electron chi connectivity index (χ2n) is 3.76. The van der Waals surface area contributed by atoms with Crippen LogP contribution in [0.4, 0.5) is 5.69 Å². The SMILES string of the molecule is N#Cc1ccc(S(=O)(=O)Nc2ccc(O)c(Cl)c2)cn1. The van der Waals surface area contributed by atoms with Crippen molar-refractivity contribution >= 4 is 27.3 Å². The summed E-state index contributed by atoms with van der Waals surface area (Å²) in [5.74, 6) is -0.144. The third-order valence-corrected chi connectivity index (χ3v) is 4.03. The largest absolute Gasteiger partial charge is 0.506 e. The molecule has 20 heavy (non-hydrogen) atoms. The molecular formula is C12H8ClN3O3S. The molecule has 0 unspecified atom stereocenters. The first-order chi connectivity index (χ1) is 9.42. The molecule has 2 rings (SSSR count). The molecule has 1 aromatic carbocycles. The van der Waals surface area contributed by atoms with Crippen molar-refractivity contribution in [3.63, 3.8) is 0 Å². The van der Waals surface area contributed by atoms with E-state index in [0.717, 1.165) is 6.20 Å². The van der Waals surface area contributed by atoms with E-state index in [0.29, 0.717) is 0 Å². The summed E-state index contributed by atoms with van der Waals surface area (Å²) in [6.07, 6.45) is 1.09. The maximum Gasteiger partial charge on any atom is 0.263 e. The zero-order valence-corrected chi connectivity index (χ0v) is 11.5. The van der Waals surface area contributed by atoms with Gasteiger partial charge in [0.25, 0.3) is 10.0 Å². The Morgan fingerprint density at radius 1 is 1.30 bits per heavy atom. The van der Waals surface area contributed by atoms with E-state index in [4.69, 9.17) is 16.9 Å². The van der Waals surface area contributed by atoms with Gasteiger partial charge in [-0.05, 0) is 30.3 Å². The minimum atomic E-state index is -3.83. The molecule has 0 saturated heterocycles. The molecule has 102 valence electrons. The van der Waals surface area contributed by atoms with Crippen LogP contribution >= 0.6 is 11.6 Å². The van der Waals surface area contributed by atoms with Crippen LogP contribution in [0.5, 0.6) is 5.75 Å². The number of anilines is 1. The number of phenols is 1. The zero-order chi connectivity index (χ0) is 14.8. The molecule has 0 saturated carbocycles. The molecule has 2 aromatic rings. The van der Waals surface area contributed by atoms with Gasteiger partial charge in [-0.25, -0.2) is 13.4 Å². The van der Waals surface area contributed by atoms with Gasteiger partial charge in [-0.15, -0.1) is 0 Å². The first-order valence-corrected chi connectivity index (χ1v) is 7.16. The van der Waals surface area contributed by atoms with E-state index in [1.807, 2.05) is 0 Å². The first kappa shape index (κ1) is 14.1. The second kappa shape index (κ2) is 5.36. The number of nitrogens with zero attached hydrogens (tertiary/aromatic N) is 2. The van der Waals surface area contributed by atoms with Crippen LogP contribution in [0.2, 0.25) is 5.02 Å². The number of aromatic hydroxyl groups is 1. The number of nitriles is 1. The van der Waals surface area contributed by atoms with Crippen molar-refractivity contribution in [3.8, 4) is 11.8 Å². The fourth-order valence-corrected chi connectivity index (χ4v) is 2.56. The van der Waals surface area contributed by atoms with Gasteiger partial charge >= 0.3 is 0 Å². The van der Waals surface area contributed by atoms with Crippen LogP contribution in [0.15, 0.2) is 41.4 Å².